The first-order valence-corrected chi connectivity index (χ1v) is 4.93. The molecule has 80 valence electrons. The Morgan fingerprint density at radius 2 is 2.29 bits per heavy atom. The number of rotatable bonds is 1. The van der Waals surface area contributed by atoms with Crippen molar-refractivity contribution in [2.75, 3.05) is 20.3 Å². The number of ether oxygens (including phenoxy) is 3. The van der Waals surface area contributed by atoms with Crippen molar-refractivity contribution < 1.29 is 19.0 Å². The molecular formula is C10H16O4. The largest absolute Gasteiger partial charge is 0.467 e. The third-order valence-electron chi connectivity index (χ3n) is 3.51. The van der Waals surface area contributed by atoms with Gasteiger partial charge in [0.05, 0.1) is 13.7 Å². The molecule has 2 aliphatic rings. The Morgan fingerprint density at radius 3 is 2.86 bits per heavy atom. The third-order valence-corrected chi connectivity index (χ3v) is 3.51. The second kappa shape index (κ2) is 2.94. The van der Waals surface area contributed by atoms with E-state index in [4.69, 9.17) is 14.2 Å². The summed E-state index contributed by atoms with van der Waals surface area (Å²) in [6, 6.07) is 0. The van der Waals surface area contributed by atoms with Gasteiger partial charge in [0.2, 0.25) is 0 Å². The third kappa shape index (κ3) is 1.04. The maximum Gasteiger partial charge on any atom is 0.340 e. The lowest BCUT2D eigenvalue weighted by atomic mass is 9.80. The van der Waals surface area contributed by atoms with Crippen LogP contribution in [0, 0.1) is 5.92 Å². The lowest BCUT2D eigenvalue weighted by molar-refractivity contribution is -0.146. The molecule has 2 fully saturated rings. The van der Waals surface area contributed by atoms with Gasteiger partial charge in [-0.05, 0) is 6.92 Å². The van der Waals surface area contributed by atoms with Crippen LogP contribution in [-0.2, 0) is 19.0 Å². The molecule has 0 saturated carbocycles. The number of hydrogen-bond donors (Lipinski definition) is 0. The molecule has 2 aliphatic heterocycles. The molecule has 3 unspecified atom stereocenters. The molecule has 0 aromatic rings. The Bertz CT molecular complexity index is 265. The molecule has 4 heteroatoms. The highest BCUT2D eigenvalue weighted by molar-refractivity contribution is 5.84. The molecule has 0 radical (unpaired) electrons. The van der Waals surface area contributed by atoms with E-state index in [1.165, 1.54) is 7.11 Å². The minimum atomic E-state index is -0.745. The van der Waals surface area contributed by atoms with E-state index >= 15 is 0 Å². The molecule has 14 heavy (non-hydrogen) atoms. The topological polar surface area (TPSA) is 48.1 Å². The molecule has 2 heterocycles. The van der Waals surface area contributed by atoms with Gasteiger partial charge in [-0.15, -0.1) is 0 Å². The van der Waals surface area contributed by atoms with Crippen molar-refractivity contribution in [3.05, 3.63) is 0 Å². The van der Waals surface area contributed by atoms with E-state index in [0.29, 0.717) is 13.2 Å². The summed E-state index contributed by atoms with van der Waals surface area (Å²) >= 11 is 0. The molecule has 0 aromatic heterocycles. The Kier molecular flexibility index (Phi) is 2.08. The first kappa shape index (κ1) is 9.93. The van der Waals surface area contributed by atoms with E-state index in [2.05, 4.69) is 0 Å². The van der Waals surface area contributed by atoms with E-state index in [0.717, 1.165) is 6.42 Å². The fourth-order valence-corrected chi connectivity index (χ4v) is 2.47. The predicted molar refractivity (Wildman–Crippen MR) is 48.8 cm³/mol. The number of epoxide rings is 1. The van der Waals surface area contributed by atoms with Crippen LogP contribution in [0.4, 0.5) is 0 Å². The zero-order valence-corrected chi connectivity index (χ0v) is 8.83. The summed E-state index contributed by atoms with van der Waals surface area (Å²) < 4.78 is 15.7. The van der Waals surface area contributed by atoms with Gasteiger partial charge in [-0.3, -0.25) is 0 Å². The van der Waals surface area contributed by atoms with Gasteiger partial charge in [-0.2, -0.15) is 0 Å². The molecule has 4 nitrogen and oxygen atoms in total. The van der Waals surface area contributed by atoms with Crippen molar-refractivity contribution >= 4 is 5.97 Å². The van der Waals surface area contributed by atoms with Crippen LogP contribution in [0.1, 0.15) is 20.3 Å². The minimum absolute atomic E-state index is 0.250. The molecule has 2 rings (SSSR count). The lowest BCUT2D eigenvalue weighted by Crippen LogP contribution is -2.42. The number of carbonyl (C=O) groups excluding carboxylic acids is 1. The average molecular weight is 200 g/mol. The average Bonchev–Trinajstić information content (AvgIpc) is 2.78. The fourth-order valence-electron chi connectivity index (χ4n) is 2.47. The van der Waals surface area contributed by atoms with Gasteiger partial charge in [0.25, 0.3) is 0 Å². The lowest BCUT2D eigenvalue weighted by Gasteiger charge is -2.27. The van der Waals surface area contributed by atoms with Crippen LogP contribution in [0.3, 0.4) is 0 Å². The summed E-state index contributed by atoms with van der Waals surface area (Å²) in [5, 5.41) is 0. The quantitative estimate of drug-likeness (QED) is 0.463. The van der Waals surface area contributed by atoms with Crippen molar-refractivity contribution in [3.63, 3.8) is 0 Å². The van der Waals surface area contributed by atoms with Crippen LogP contribution in [0.5, 0.6) is 0 Å². The van der Waals surface area contributed by atoms with E-state index in [-0.39, 0.29) is 17.5 Å². The highest BCUT2D eigenvalue weighted by atomic mass is 16.7. The standard InChI is InChI=1S/C10H16O4/c1-7-6-13-5-4-10(7)9(2,14-10)8(11)12-3/h7H,4-6H2,1-3H3. The molecule has 1 spiro atoms. The van der Waals surface area contributed by atoms with Crippen LogP contribution >= 0.6 is 0 Å². The first-order valence-electron chi connectivity index (χ1n) is 4.93. The zero-order chi connectivity index (χ0) is 10.4. The number of esters is 1. The molecule has 0 amide bonds. The monoisotopic (exact) mass is 200 g/mol. The van der Waals surface area contributed by atoms with Crippen LogP contribution < -0.4 is 0 Å². The maximum absolute atomic E-state index is 11.5. The summed E-state index contributed by atoms with van der Waals surface area (Å²) in [7, 11) is 1.40. The second-order valence-electron chi connectivity index (χ2n) is 4.24. The summed E-state index contributed by atoms with van der Waals surface area (Å²) in [6.45, 7) is 5.18. The molecular weight excluding hydrogens is 184 g/mol. The van der Waals surface area contributed by atoms with Crippen LogP contribution in [0.15, 0.2) is 0 Å². The van der Waals surface area contributed by atoms with Crippen molar-refractivity contribution in [1.82, 2.24) is 0 Å². The van der Waals surface area contributed by atoms with Crippen LogP contribution in [0.2, 0.25) is 0 Å². The maximum atomic E-state index is 11.5. The van der Waals surface area contributed by atoms with Gasteiger partial charge >= 0.3 is 5.97 Å². The summed E-state index contributed by atoms with van der Waals surface area (Å²) in [6.07, 6.45) is 0.778. The summed E-state index contributed by atoms with van der Waals surface area (Å²) in [5.74, 6) is -0.0217. The molecule has 2 saturated heterocycles. The normalized spacial score (nSPS) is 46.4. The Morgan fingerprint density at radius 1 is 1.57 bits per heavy atom. The molecule has 3 atom stereocenters. The zero-order valence-electron chi connectivity index (χ0n) is 8.83. The molecule has 0 aliphatic carbocycles. The predicted octanol–water partition coefficient (Wildman–Crippen LogP) is 0.744. The van der Waals surface area contributed by atoms with Gasteiger partial charge in [-0.1, -0.05) is 6.92 Å². The van der Waals surface area contributed by atoms with Crippen LogP contribution in [-0.4, -0.2) is 37.5 Å². The number of carbonyl (C=O) groups is 1. The molecule has 0 N–H and O–H groups in total. The minimum Gasteiger partial charge on any atom is -0.467 e. The van der Waals surface area contributed by atoms with Crippen molar-refractivity contribution in [1.29, 1.82) is 0 Å². The fraction of sp³-hybridized carbons (Fsp3) is 0.900. The smallest absolute Gasteiger partial charge is 0.340 e. The SMILES string of the molecule is COC(=O)C1(C)OC12CCOCC2C. The number of methoxy groups -OCH3 is 1. The van der Waals surface area contributed by atoms with E-state index in [9.17, 15) is 4.79 Å². The van der Waals surface area contributed by atoms with Gasteiger partial charge < -0.3 is 14.2 Å². The van der Waals surface area contributed by atoms with E-state index in [1.807, 2.05) is 6.92 Å². The van der Waals surface area contributed by atoms with E-state index < -0.39 is 5.60 Å². The van der Waals surface area contributed by atoms with Gasteiger partial charge in [-0.25, -0.2) is 4.79 Å². The van der Waals surface area contributed by atoms with E-state index in [1.54, 1.807) is 6.92 Å². The number of hydrogen-bond acceptors (Lipinski definition) is 4. The highest BCUT2D eigenvalue weighted by Crippen LogP contribution is 2.57. The van der Waals surface area contributed by atoms with Crippen molar-refractivity contribution in [3.8, 4) is 0 Å². The summed E-state index contributed by atoms with van der Waals surface area (Å²) in [5.41, 5.74) is -1.08. The Balaban J connectivity index is 2.17. The van der Waals surface area contributed by atoms with Gasteiger partial charge in [0.1, 0.15) is 5.60 Å². The molecule has 0 aromatic carbocycles. The Hall–Kier alpha value is -0.610. The highest BCUT2D eigenvalue weighted by Gasteiger charge is 2.74. The van der Waals surface area contributed by atoms with Crippen molar-refractivity contribution in [2.45, 2.75) is 31.5 Å². The molecule has 0 bridgehead atoms. The Labute approximate surface area is 83.5 Å². The van der Waals surface area contributed by atoms with Crippen LogP contribution in [0.25, 0.3) is 0 Å². The first-order chi connectivity index (χ1) is 6.57. The second-order valence-corrected chi connectivity index (χ2v) is 4.24. The van der Waals surface area contributed by atoms with Gasteiger partial charge in [0.15, 0.2) is 5.60 Å². The summed E-state index contributed by atoms with van der Waals surface area (Å²) in [4.78, 5) is 11.5. The van der Waals surface area contributed by atoms with Gasteiger partial charge in [0, 0.05) is 18.9 Å². The van der Waals surface area contributed by atoms with Crippen molar-refractivity contribution in [2.24, 2.45) is 5.92 Å².